The summed E-state index contributed by atoms with van der Waals surface area (Å²) in [6, 6.07) is 19.9. The molecule has 3 aromatic rings. The lowest BCUT2D eigenvalue weighted by molar-refractivity contribution is -0.0493. The molecule has 31 heavy (non-hydrogen) atoms. The normalized spacial score (nSPS) is 11.2. The number of halogens is 2. The molecule has 3 rings (SSSR count). The van der Waals surface area contributed by atoms with Gasteiger partial charge in [-0.25, -0.2) is 8.42 Å². The first-order valence-electron chi connectivity index (χ1n) is 9.36. The average Bonchev–Trinajstić information content (AvgIpc) is 2.76. The van der Waals surface area contributed by atoms with Crippen molar-refractivity contribution in [3.63, 3.8) is 0 Å². The molecule has 0 heterocycles. The van der Waals surface area contributed by atoms with Gasteiger partial charge < -0.3 is 10.1 Å². The number of nitrogens with one attached hydrogen (secondary N) is 1. The van der Waals surface area contributed by atoms with E-state index < -0.39 is 22.5 Å². The first kappa shape index (κ1) is 22.2. The van der Waals surface area contributed by atoms with Crippen molar-refractivity contribution in [2.24, 2.45) is 0 Å². The Kier molecular flexibility index (Phi) is 6.86. The predicted octanol–water partition coefficient (Wildman–Crippen LogP) is 4.76. The second kappa shape index (κ2) is 9.57. The van der Waals surface area contributed by atoms with Gasteiger partial charge in [0.05, 0.1) is 16.3 Å². The van der Waals surface area contributed by atoms with Crippen LogP contribution in [0, 0.1) is 0 Å². The molecule has 0 fully saturated rings. The number of carbonyl (C=O) groups is 1. The minimum Gasteiger partial charge on any atom is -0.433 e. The zero-order valence-corrected chi connectivity index (χ0v) is 17.4. The van der Waals surface area contributed by atoms with Crippen LogP contribution in [-0.4, -0.2) is 27.5 Å². The van der Waals surface area contributed by atoms with Gasteiger partial charge in [-0.05, 0) is 49.4 Å². The van der Waals surface area contributed by atoms with Crippen molar-refractivity contribution < 1.29 is 26.7 Å². The lowest BCUT2D eigenvalue weighted by Crippen LogP contribution is -2.31. The largest absolute Gasteiger partial charge is 0.433 e. The molecular formula is C22H20F2N2O4S. The Bertz CT molecular complexity index is 1150. The zero-order chi connectivity index (χ0) is 22.4. The number of sulfonamides is 1. The molecule has 0 aliphatic heterocycles. The Balaban J connectivity index is 1.89. The molecule has 0 radical (unpaired) electrons. The highest BCUT2D eigenvalue weighted by molar-refractivity contribution is 7.92. The summed E-state index contributed by atoms with van der Waals surface area (Å²) in [5.74, 6) is -0.860. The Hall–Kier alpha value is -3.46. The lowest BCUT2D eigenvalue weighted by atomic mass is 10.2. The average molecular weight is 446 g/mol. The first-order chi connectivity index (χ1) is 14.8. The van der Waals surface area contributed by atoms with Crippen LogP contribution < -0.4 is 14.4 Å². The van der Waals surface area contributed by atoms with Crippen molar-refractivity contribution >= 4 is 27.3 Å². The summed E-state index contributed by atoms with van der Waals surface area (Å²) in [5, 5.41) is 2.48. The quantitative estimate of drug-likeness (QED) is 0.542. The summed E-state index contributed by atoms with van der Waals surface area (Å²) in [4.78, 5) is 12.6. The van der Waals surface area contributed by atoms with E-state index in [1.165, 1.54) is 46.8 Å². The molecule has 3 aromatic carbocycles. The van der Waals surface area contributed by atoms with Crippen LogP contribution in [-0.2, 0) is 10.0 Å². The van der Waals surface area contributed by atoms with Gasteiger partial charge in [-0.3, -0.25) is 9.10 Å². The number of benzene rings is 3. The minimum atomic E-state index is -3.93. The second-order valence-corrected chi connectivity index (χ2v) is 8.22. The van der Waals surface area contributed by atoms with E-state index in [2.05, 4.69) is 10.1 Å². The Morgan fingerprint density at radius 1 is 1.00 bits per heavy atom. The van der Waals surface area contributed by atoms with E-state index in [-0.39, 0.29) is 28.4 Å². The number of nitrogens with zero attached hydrogens (tertiary/aromatic N) is 1. The Morgan fingerprint density at radius 3 is 2.35 bits per heavy atom. The standard InChI is InChI=1S/C22H20F2N2O4S/c1-2-26(17-10-4-3-5-11-17)31(28,29)18-12-8-9-16(15-18)21(27)25-19-13-6-7-14-20(19)30-22(23)24/h3-15,22H,2H2,1H3,(H,25,27). The molecule has 1 amide bonds. The van der Waals surface area contributed by atoms with E-state index in [1.807, 2.05) is 0 Å². The number of hydrogen-bond donors (Lipinski definition) is 1. The number of hydrogen-bond acceptors (Lipinski definition) is 4. The topological polar surface area (TPSA) is 75.7 Å². The molecule has 0 bridgehead atoms. The fourth-order valence-corrected chi connectivity index (χ4v) is 4.49. The molecule has 0 unspecified atom stereocenters. The molecule has 0 atom stereocenters. The van der Waals surface area contributed by atoms with Crippen LogP contribution in [0.25, 0.3) is 0 Å². The summed E-state index contributed by atoms with van der Waals surface area (Å²) < 4.78 is 57.1. The van der Waals surface area contributed by atoms with E-state index in [4.69, 9.17) is 0 Å². The molecule has 0 aliphatic rings. The third-order valence-corrected chi connectivity index (χ3v) is 6.27. The molecule has 0 spiro atoms. The summed E-state index contributed by atoms with van der Waals surface area (Å²) in [6.07, 6.45) is 0. The Labute approximate surface area is 179 Å². The fraction of sp³-hybridized carbons (Fsp3) is 0.136. The molecule has 0 saturated carbocycles. The molecule has 0 saturated heterocycles. The van der Waals surface area contributed by atoms with Gasteiger partial charge in [0.1, 0.15) is 5.75 Å². The number of anilines is 2. The number of rotatable bonds is 8. The van der Waals surface area contributed by atoms with Crippen molar-refractivity contribution in [2.45, 2.75) is 18.4 Å². The predicted molar refractivity (Wildman–Crippen MR) is 114 cm³/mol. The van der Waals surface area contributed by atoms with Gasteiger partial charge in [-0.2, -0.15) is 8.78 Å². The summed E-state index contributed by atoms with van der Waals surface area (Å²) in [5.41, 5.74) is 0.593. The minimum absolute atomic E-state index is 0.0422. The van der Waals surface area contributed by atoms with Gasteiger partial charge in [-0.1, -0.05) is 36.4 Å². The third-order valence-electron chi connectivity index (χ3n) is 4.37. The molecule has 0 aromatic heterocycles. The maximum absolute atomic E-state index is 13.2. The molecule has 9 heteroatoms. The van der Waals surface area contributed by atoms with Crippen molar-refractivity contribution in [3.05, 3.63) is 84.4 Å². The van der Waals surface area contributed by atoms with Crippen molar-refractivity contribution in [1.29, 1.82) is 0 Å². The third kappa shape index (κ3) is 5.18. The van der Waals surface area contributed by atoms with E-state index in [1.54, 1.807) is 43.3 Å². The van der Waals surface area contributed by atoms with Gasteiger partial charge in [0.25, 0.3) is 15.9 Å². The number of ether oxygens (including phenoxy) is 1. The number of amides is 1. The van der Waals surface area contributed by atoms with Gasteiger partial charge in [0, 0.05) is 12.1 Å². The molecule has 1 N–H and O–H groups in total. The van der Waals surface area contributed by atoms with Crippen molar-refractivity contribution in [2.75, 3.05) is 16.2 Å². The molecular weight excluding hydrogens is 426 g/mol. The monoisotopic (exact) mass is 446 g/mol. The first-order valence-corrected chi connectivity index (χ1v) is 10.8. The van der Waals surface area contributed by atoms with E-state index >= 15 is 0 Å². The number of alkyl halides is 2. The van der Waals surface area contributed by atoms with Crippen LogP contribution in [0.2, 0.25) is 0 Å². The number of carbonyl (C=O) groups excluding carboxylic acids is 1. The van der Waals surface area contributed by atoms with Crippen molar-refractivity contribution in [1.82, 2.24) is 0 Å². The van der Waals surface area contributed by atoms with Gasteiger partial charge in [0.2, 0.25) is 0 Å². The van der Waals surface area contributed by atoms with Crippen LogP contribution in [0.5, 0.6) is 5.75 Å². The summed E-state index contributed by atoms with van der Waals surface area (Å²) >= 11 is 0. The maximum atomic E-state index is 13.2. The van der Waals surface area contributed by atoms with E-state index in [9.17, 15) is 22.0 Å². The Morgan fingerprint density at radius 2 is 1.68 bits per heavy atom. The lowest BCUT2D eigenvalue weighted by Gasteiger charge is -2.23. The molecule has 0 aliphatic carbocycles. The van der Waals surface area contributed by atoms with Gasteiger partial charge >= 0.3 is 6.61 Å². The fourth-order valence-electron chi connectivity index (χ4n) is 2.97. The second-order valence-electron chi connectivity index (χ2n) is 6.36. The molecule has 162 valence electrons. The van der Waals surface area contributed by atoms with Crippen LogP contribution in [0.4, 0.5) is 20.2 Å². The summed E-state index contributed by atoms with van der Waals surface area (Å²) in [6.45, 7) is -1.15. The van der Waals surface area contributed by atoms with Crippen LogP contribution in [0.15, 0.2) is 83.8 Å². The van der Waals surface area contributed by atoms with Crippen LogP contribution in [0.1, 0.15) is 17.3 Å². The van der Waals surface area contributed by atoms with Crippen LogP contribution in [0.3, 0.4) is 0 Å². The van der Waals surface area contributed by atoms with Gasteiger partial charge in [-0.15, -0.1) is 0 Å². The molecule has 6 nitrogen and oxygen atoms in total. The highest BCUT2D eigenvalue weighted by atomic mass is 32.2. The highest BCUT2D eigenvalue weighted by Crippen LogP contribution is 2.27. The van der Waals surface area contributed by atoms with Crippen LogP contribution >= 0.6 is 0 Å². The summed E-state index contributed by atoms with van der Waals surface area (Å²) in [7, 11) is -3.93. The smallest absolute Gasteiger partial charge is 0.387 e. The number of para-hydroxylation sites is 3. The van der Waals surface area contributed by atoms with Crippen molar-refractivity contribution in [3.8, 4) is 5.75 Å². The van der Waals surface area contributed by atoms with E-state index in [0.29, 0.717) is 5.69 Å². The van der Waals surface area contributed by atoms with Gasteiger partial charge in [0.15, 0.2) is 0 Å². The SMILES string of the molecule is CCN(c1ccccc1)S(=O)(=O)c1cccc(C(=O)Nc2ccccc2OC(F)F)c1. The van der Waals surface area contributed by atoms with E-state index in [0.717, 1.165) is 0 Å². The maximum Gasteiger partial charge on any atom is 0.387 e. The highest BCUT2D eigenvalue weighted by Gasteiger charge is 2.24. The zero-order valence-electron chi connectivity index (χ0n) is 16.5.